The van der Waals surface area contributed by atoms with Gasteiger partial charge in [0.15, 0.2) is 0 Å². The number of rotatable bonds is 4. The first-order valence-corrected chi connectivity index (χ1v) is 6.69. The molecule has 90 valence electrons. The fraction of sp³-hybridized carbons (Fsp3) is 0.357. The summed E-state index contributed by atoms with van der Waals surface area (Å²) in [6, 6.07) is 8.07. The molecule has 0 aromatic carbocycles. The van der Waals surface area contributed by atoms with E-state index in [0.717, 1.165) is 17.7 Å². The zero-order valence-electron chi connectivity index (χ0n) is 10.2. The van der Waals surface area contributed by atoms with Gasteiger partial charge in [0.1, 0.15) is 0 Å². The first-order valence-electron chi connectivity index (χ1n) is 5.88. The lowest BCUT2D eigenvalue weighted by atomic mass is 10.0. The molecule has 0 saturated carbocycles. The fourth-order valence-corrected chi connectivity index (χ4v) is 2.87. The second-order valence-corrected chi connectivity index (χ2v) is 5.37. The zero-order chi connectivity index (χ0) is 12.3. The summed E-state index contributed by atoms with van der Waals surface area (Å²) in [6.45, 7) is 4.09. The Balaban J connectivity index is 2.11. The van der Waals surface area contributed by atoms with Crippen molar-refractivity contribution >= 4 is 11.3 Å². The van der Waals surface area contributed by atoms with Gasteiger partial charge in [0.05, 0.1) is 6.10 Å². The third kappa shape index (κ3) is 2.93. The maximum atomic E-state index is 10.2. The van der Waals surface area contributed by atoms with Crippen LogP contribution in [0.15, 0.2) is 30.5 Å². The largest absolute Gasteiger partial charge is 0.388 e. The van der Waals surface area contributed by atoms with Crippen molar-refractivity contribution in [2.75, 3.05) is 0 Å². The SMILES string of the molecule is CCc1ccc(CC(O)c2cccnc2C)s1. The molecule has 2 nitrogen and oxygen atoms in total. The molecule has 2 aromatic rings. The predicted octanol–water partition coefficient (Wildman–Crippen LogP) is 3.29. The average Bonchev–Trinajstić information content (AvgIpc) is 2.77. The van der Waals surface area contributed by atoms with Gasteiger partial charge in [0, 0.05) is 33.6 Å². The first kappa shape index (κ1) is 12.3. The van der Waals surface area contributed by atoms with E-state index in [-0.39, 0.29) is 0 Å². The summed E-state index contributed by atoms with van der Waals surface area (Å²) < 4.78 is 0. The Morgan fingerprint density at radius 1 is 1.29 bits per heavy atom. The summed E-state index contributed by atoms with van der Waals surface area (Å²) in [5, 5.41) is 10.2. The van der Waals surface area contributed by atoms with E-state index >= 15 is 0 Å². The molecule has 0 aliphatic carbocycles. The van der Waals surface area contributed by atoms with Crippen LogP contribution in [0.1, 0.15) is 34.0 Å². The number of hydrogen-bond donors (Lipinski definition) is 1. The topological polar surface area (TPSA) is 33.1 Å². The lowest BCUT2D eigenvalue weighted by molar-refractivity contribution is 0.178. The second kappa shape index (κ2) is 5.43. The zero-order valence-corrected chi connectivity index (χ0v) is 11.0. The average molecular weight is 247 g/mol. The van der Waals surface area contributed by atoms with Crippen LogP contribution in [-0.2, 0) is 12.8 Å². The van der Waals surface area contributed by atoms with Crippen LogP contribution in [0.4, 0.5) is 0 Å². The van der Waals surface area contributed by atoms with Gasteiger partial charge in [-0.2, -0.15) is 0 Å². The molecule has 0 fully saturated rings. The second-order valence-electron chi connectivity index (χ2n) is 4.12. The molecule has 2 rings (SSSR count). The molecular formula is C14H17NOS. The number of hydrogen-bond acceptors (Lipinski definition) is 3. The van der Waals surface area contributed by atoms with E-state index in [9.17, 15) is 5.11 Å². The van der Waals surface area contributed by atoms with Gasteiger partial charge in [-0.25, -0.2) is 0 Å². The lowest BCUT2D eigenvalue weighted by Gasteiger charge is -2.11. The van der Waals surface area contributed by atoms with Gasteiger partial charge in [-0.1, -0.05) is 13.0 Å². The van der Waals surface area contributed by atoms with Gasteiger partial charge < -0.3 is 5.11 Å². The third-order valence-corrected chi connectivity index (χ3v) is 4.12. The van der Waals surface area contributed by atoms with E-state index in [2.05, 4.69) is 24.0 Å². The summed E-state index contributed by atoms with van der Waals surface area (Å²) in [5.41, 5.74) is 1.84. The number of nitrogens with zero attached hydrogens (tertiary/aromatic N) is 1. The minimum atomic E-state index is -0.452. The molecule has 0 aliphatic rings. The minimum Gasteiger partial charge on any atom is -0.388 e. The molecule has 0 bridgehead atoms. The smallest absolute Gasteiger partial charge is 0.0855 e. The van der Waals surface area contributed by atoms with E-state index in [4.69, 9.17) is 0 Å². The standard InChI is InChI=1S/C14H17NOS/c1-3-11-6-7-12(17-11)9-14(16)13-5-4-8-15-10(13)2/h4-8,14,16H,3,9H2,1-2H3. The van der Waals surface area contributed by atoms with Crippen LogP contribution in [-0.4, -0.2) is 10.1 Å². The molecule has 2 aromatic heterocycles. The molecule has 0 spiro atoms. The monoisotopic (exact) mass is 247 g/mol. The Hall–Kier alpha value is -1.19. The lowest BCUT2D eigenvalue weighted by Crippen LogP contribution is -2.03. The fourth-order valence-electron chi connectivity index (χ4n) is 1.87. The molecular weight excluding hydrogens is 230 g/mol. The summed E-state index contributed by atoms with van der Waals surface area (Å²) >= 11 is 1.78. The Morgan fingerprint density at radius 3 is 2.71 bits per heavy atom. The highest BCUT2D eigenvalue weighted by molar-refractivity contribution is 7.11. The number of aliphatic hydroxyl groups is 1. The Kier molecular flexibility index (Phi) is 3.92. The van der Waals surface area contributed by atoms with Crippen molar-refractivity contribution in [3.05, 3.63) is 51.5 Å². The molecule has 0 radical (unpaired) electrons. The van der Waals surface area contributed by atoms with Crippen molar-refractivity contribution in [3.8, 4) is 0 Å². The van der Waals surface area contributed by atoms with Gasteiger partial charge in [-0.05, 0) is 31.5 Å². The maximum Gasteiger partial charge on any atom is 0.0855 e. The third-order valence-electron chi connectivity index (χ3n) is 2.87. The highest BCUT2D eigenvalue weighted by Gasteiger charge is 2.12. The molecule has 0 amide bonds. The van der Waals surface area contributed by atoms with Gasteiger partial charge in [0.2, 0.25) is 0 Å². The Bertz CT molecular complexity index is 492. The minimum absolute atomic E-state index is 0.452. The number of pyridine rings is 1. The molecule has 1 atom stereocenters. The van der Waals surface area contributed by atoms with E-state index in [1.165, 1.54) is 9.75 Å². The quantitative estimate of drug-likeness (QED) is 0.899. The Labute approximate surface area is 106 Å². The molecule has 0 aliphatic heterocycles. The van der Waals surface area contributed by atoms with Crippen LogP contribution >= 0.6 is 11.3 Å². The summed E-state index contributed by atoms with van der Waals surface area (Å²) in [5.74, 6) is 0. The van der Waals surface area contributed by atoms with Crippen molar-refractivity contribution in [2.24, 2.45) is 0 Å². The van der Waals surface area contributed by atoms with Crippen molar-refractivity contribution in [1.29, 1.82) is 0 Å². The molecule has 2 heterocycles. The summed E-state index contributed by atoms with van der Waals surface area (Å²) in [4.78, 5) is 6.81. The number of aryl methyl sites for hydroxylation is 2. The van der Waals surface area contributed by atoms with Crippen molar-refractivity contribution in [3.63, 3.8) is 0 Å². The molecule has 0 saturated heterocycles. The van der Waals surface area contributed by atoms with Gasteiger partial charge in [0.25, 0.3) is 0 Å². The maximum absolute atomic E-state index is 10.2. The van der Waals surface area contributed by atoms with Crippen LogP contribution in [0.25, 0.3) is 0 Å². The molecule has 1 unspecified atom stereocenters. The molecule has 17 heavy (non-hydrogen) atoms. The number of aromatic nitrogens is 1. The predicted molar refractivity (Wildman–Crippen MR) is 71.3 cm³/mol. The highest BCUT2D eigenvalue weighted by Crippen LogP contribution is 2.25. The van der Waals surface area contributed by atoms with Crippen molar-refractivity contribution in [1.82, 2.24) is 4.98 Å². The number of thiophene rings is 1. The molecule has 3 heteroatoms. The van der Waals surface area contributed by atoms with E-state index in [0.29, 0.717) is 6.42 Å². The van der Waals surface area contributed by atoms with Gasteiger partial charge >= 0.3 is 0 Å². The van der Waals surface area contributed by atoms with Crippen LogP contribution in [0.5, 0.6) is 0 Å². The normalized spacial score (nSPS) is 12.6. The first-order chi connectivity index (χ1) is 8.20. The van der Waals surface area contributed by atoms with Crippen LogP contribution in [0, 0.1) is 6.92 Å². The van der Waals surface area contributed by atoms with E-state index in [1.807, 2.05) is 19.1 Å². The van der Waals surface area contributed by atoms with Crippen molar-refractivity contribution < 1.29 is 5.11 Å². The summed E-state index contributed by atoms with van der Waals surface area (Å²) in [6.07, 6.45) is 3.04. The van der Waals surface area contributed by atoms with Crippen LogP contribution < -0.4 is 0 Å². The van der Waals surface area contributed by atoms with Gasteiger partial charge in [-0.15, -0.1) is 11.3 Å². The highest BCUT2D eigenvalue weighted by atomic mass is 32.1. The van der Waals surface area contributed by atoms with Crippen molar-refractivity contribution in [2.45, 2.75) is 32.8 Å². The molecule has 1 N–H and O–H groups in total. The van der Waals surface area contributed by atoms with Crippen LogP contribution in [0.3, 0.4) is 0 Å². The van der Waals surface area contributed by atoms with Crippen LogP contribution in [0.2, 0.25) is 0 Å². The van der Waals surface area contributed by atoms with E-state index in [1.54, 1.807) is 17.5 Å². The van der Waals surface area contributed by atoms with E-state index < -0.39 is 6.10 Å². The number of aliphatic hydroxyl groups excluding tert-OH is 1. The Morgan fingerprint density at radius 2 is 2.06 bits per heavy atom. The summed E-state index contributed by atoms with van der Waals surface area (Å²) in [7, 11) is 0. The van der Waals surface area contributed by atoms with Gasteiger partial charge in [-0.3, -0.25) is 4.98 Å².